The molecule has 6 heteroatoms. The van der Waals surface area contributed by atoms with Gasteiger partial charge in [0.2, 0.25) is 0 Å². The van der Waals surface area contributed by atoms with Gasteiger partial charge < -0.3 is 5.32 Å². The molecule has 1 aliphatic heterocycles. The summed E-state index contributed by atoms with van der Waals surface area (Å²) in [5.41, 5.74) is 0. The van der Waals surface area contributed by atoms with Crippen molar-refractivity contribution in [3.05, 3.63) is 15.5 Å². The maximum Gasteiger partial charge on any atom is 0.183 e. The number of rotatable bonds is 4. The molecule has 0 unspecified atom stereocenters. The fraction of sp³-hybridized carbons (Fsp3) is 0.667. The minimum absolute atomic E-state index is 0.532. The van der Waals surface area contributed by atoms with Gasteiger partial charge in [0.1, 0.15) is 0 Å². The minimum Gasteiger partial charge on any atom is -0.316 e. The number of nitrogens with one attached hydrogen (secondary N) is 1. The fourth-order valence-electron chi connectivity index (χ4n) is 1.69. The van der Waals surface area contributed by atoms with E-state index in [1.807, 2.05) is 0 Å². The van der Waals surface area contributed by atoms with Crippen molar-refractivity contribution in [3.8, 4) is 0 Å². The van der Waals surface area contributed by atoms with Gasteiger partial charge in [-0.2, -0.15) is 0 Å². The zero-order chi connectivity index (χ0) is 10.7. The summed E-state index contributed by atoms with van der Waals surface area (Å²) in [6.07, 6.45) is 2.87. The average molecular weight is 265 g/mol. The van der Waals surface area contributed by atoms with Crippen LogP contribution in [0.4, 0.5) is 0 Å². The lowest BCUT2D eigenvalue weighted by molar-refractivity contribution is 0.632. The van der Waals surface area contributed by atoms with Gasteiger partial charge in [0, 0.05) is 27.6 Å². The molecule has 2 heterocycles. The van der Waals surface area contributed by atoms with Gasteiger partial charge in [0.05, 0.1) is 5.75 Å². The second-order valence-corrected chi connectivity index (χ2v) is 6.89. The Morgan fingerprint density at radius 1 is 1.73 bits per heavy atom. The van der Waals surface area contributed by atoms with Gasteiger partial charge in [0.25, 0.3) is 0 Å². The number of halogens is 1. The number of hydrogen-bond donors (Lipinski definition) is 1. The highest BCUT2D eigenvalue weighted by Crippen LogP contribution is 2.20. The molecule has 15 heavy (non-hydrogen) atoms. The first-order valence-corrected chi connectivity index (χ1v) is 7.58. The summed E-state index contributed by atoms with van der Waals surface area (Å²) in [4.78, 5) is 4.96. The topological polar surface area (TPSA) is 42.0 Å². The highest BCUT2D eigenvalue weighted by Gasteiger charge is 2.17. The third-order valence-corrected chi connectivity index (χ3v) is 5.19. The molecule has 0 saturated carbocycles. The molecule has 0 amide bonds. The number of thiazole rings is 1. The van der Waals surface area contributed by atoms with Crippen LogP contribution >= 0.6 is 22.9 Å². The van der Waals surface area contributed by atoms with Crippen LogP contribution in [0.5, 0.6) is 0 Å². The Morgan fingerprint density at radius 2 is 2.60 bits per heavy atom. The Balaban J connectivity index is 1.81. The van der Waals surface area contributed by atoms with Crippen molar-refractivity contribution in [3.63, 3.8) is 0 Å². The SMILES string of the molecule is O=[S@@](Cc1cnc(Cl)s1)C[C@@H]1CCNC1. The molecule has 1 aliphatic rings. The van der Waals surface area contributed by atoms with E-state index in [-0.39, 0.29) is 0 Å². The van der Waals surface area contributed by atoms with Crippen molar-refractivity contribution in [1.29, 1.82) is 0 Å². The van der Waals surface area contributed by atoms with Crippen LogP contribution in [0.25, 0.3) is 0 Å². The van der Waals surface area contributed by atoms with Crippen LogP contribution in [0, 0.1) is 5.92 Å². The van der Waals surface area contributed by atoms with Crippen molar-refractivity contribution in [2.45, 2.75) is 12.2 Å². The maximum absolute atomic E-state index is 11.8. The molecule has 1 saturated heterocycles. The molecule has 1 N–H and O–H groups in total. The Bertz CT molecular complexity index is 350. The van der Waals surface area contributed by atoms with Gasteiger partial charge in [-0.05, 0) is 25.4 Å². The van der Waals surface area contributed by atoms with Crippen molar-refractivity contribution < 1.29 is 4.21 Å². The summed E-state index contributed by atoms with van der Waals surface area (Å²) >= 11 is 7.13. The number of nitrogens with zero attached hydrogens (tertiary/aromatic N) is 1. The largest absolute Gasteiger partial charge is 0.316 e. The van der Waals surface area contributed by atoms with Crippen LogP contribution in [0.3, 0.4) is 0 Å². The van der Waals surface area contributed by atoms with E-state index in [2.05, 4.69) is 10.3 Å². The molecular formula is C9H13ClN2OS2. The van der Waals surface area contributed by atoms with Crippen molar-refractivity contribution in [2.24, 2.45) is 5.92 Å². The van der Waals surface area contributed by atoms with Gasteiger partial charge in [-0.1, -0.05) is 11.6 Å². The van der Waals surface area contributed by atoms with Gasteiger partial charge >= 0.3 is 0 Å². The highest BCUT2D eigenvalue weighted by molar-refractivity contribution is 7.84. The summed E-state index contributed by atoms with van der Waals surface area (Å²) in [5, 5.41) is 3.28. The van der Waals surface area contributed by atoms with Gasteiger partial charge in [-0.15, -0.1) is 11.3 Å². The monoisotopic (exact) mass is 264 g/mol. The summed E-state index contributed by atoms with van der Waals surface area (Å²) in [6, 6.07) is 0. The lowest BCUT2D eigenvalue weighted by Crippen LogP contribution is -2.15. The van der Waals surface area contributed by atoms with Crippen LogP contribution in [-0.4, -0.2) is 28.0 Å². The minimum atomic E-state index is -0.776. The van der Waals surface area contributed by atoms with Gasteiger partial charge in [0.15, 0.2) is 4.47 Å². The van der Waals surface area contributed by atoms with Crippen LogP contribution in [0.1, 0.15) is 11.3 Å². The van der Waals surface area contributed by atoms with E-state index in [0.29, 0.717) is 16.1 Å². The summed E-state index contributed by atoms with van der Waals surface area (Å²) < 4.78 is 12.3. The molecule has 0 aliphatic carbocycles. The molecule has 2 rings (SSSR count). The zero-order valence-electron chi connectivity index (χ0n) is 8.24. The molecule has 0 aromatic carbocycles. The average Bonchev–Trinajstić information content (AvgIpc) is 2.77. The molecule has 0 bridgehead atoms. The van der Waals surface area contributed by atoms with Crippen molar-refractivity contribution >= 4 is 33.7 Å². The molecule has 1 aromatic rings. The van der Waals surface area contributed by atoms with E-state index >= 15 is 0 Å². The Morgan fingerprint density at radius 3 is 3.20 bits per heavy atom. The molecule has 2 atom stereocenters. The quantitative estimate of drug-likeness (QED) is 0.899. The van der Waals surface area contributed by atoms with E-state index in [4.69, 9.17) is 11.6 Å². The third kappa shape index (κ3) is 3.52. The second kappa shape index (κ2) is 5.39. The van der Waals surface area contributed by atoms with Crippen LogP contribution < -0.4 is 5.32 Å². The van der Waals surface area contributed by atoms with Gasteiger partial charge in [-0.25, -0.2) is 4.98 Å². The Labute approximate surface area is 101 Å². The lowest BCUT2D eigenvalue weighted by atomic mass is 10.2. The normalized spacial score (nSPS) is 23.1. The van der Waals surface area contributed by atoms with Crippen molar-refractivity contribution in [1.82, 2.24) is 10.3 Å². The van der Waals surface area contributed by atoms with E-state index in [9.17, 15) is 4.21 Å². The lowest BCUT2D eigenvalue weighted by Gasteiger charge is -2.06. The van der Waals surface area contributed by atoms with Crippen molar-refractivity contribution in [2.75, 3.05) is 18.8 Å². The molecule has 0 radical (unpaired) electrons. The van der Waals surface area contributed by atoms with Crippen LogP contribution in [0.15, 0.2) is 6.20 Å². The highest BCUT2D eigenvalue weighted by atomic mass is 35.5. The van der Waals surface area contributed by atoms with E-state index in [0.717, 1.165) is 30.1 Å². The molecule has 1 fully saturated rings. The van der Waals surface area contributed by atoms with E-state index in [1.165, 1.54) is 11.3 Å². The second-order valence-electron chi connectivity index (χ2n) is 3.69. The molecule has 0 spiro atoms. The molecule has 1 aromatic heterocycles. The predicted molar refractivity (Wildman–Crippen MR) is 64.8 cm³/mol. The first-order chi connectivity index (χ1) is 7.24. The molecule has 3 nitrogen and oxygen atoms in total. The Kier molecular flexibility index (Phi) is 4.13. The number of aromatic nitrogens is 1. The van der Waals surface area contributed by atoms with E-state index in [1.54, 1.807) is 6.20 Å². The van der Waals surface area contributed by atoms with E-state index < -0.39 is 10.8 Å². The van der Waals surface area contributed by atoms with Crippen LogP contribution in [-0.2, 0) is 16.6 Å². The standard InChI is InChI=1S/C9H13ClN2OS2/c10-9-12-4-8(14-9)6-15(13)5-7-1-2-11-3-7/h4,7,11H,1-3,5-6H2/t7-,15-/m1/s1. The fourth-order valence-corrected chi connectivity index (χ4v) is 4.41. The van der Waals surface area contributed by atoms with Crippen LogP contribution in [0.2, 0.25) is 4.47 Å². The summed E-state index contributed by atoms with van der Waals surface area (Å²) in [7, 11) is -0.776. The third-order valence-electron chi connectivity index (χ3n) is 2.41. The Hall–Kier alpha value is 0.0300. The first kappa shape index (κ1) is 11.5. The number of hydrogen-bond acceptors (Lipinski definition) is 4. The van der Waals surface area contributed by atoms with Gasteiger partial charge in [-0.3, -0.25) is 4.21 Å². The summed E-state index contributed by atoms with van der Waals surface area (Å²) in [5.74, 6) is 1.97. The maximum atomic E-state index is 11.8. The smallest absolute Gasteiger partial charge is 0.183 e. The molecule has 84 valence electrons. The predicted octanol–water partition coefficient (Wildman–Crippen LogP) is 1.65. The molecular weight excluding hydrogens is 252 g/mol. The first-order valence-electron chi connectivity index (χ1n) is 4.90. The zero-order valence-corrected chi connectivity index (χ0v) is 10.6. The summed E-state index contributed by atoms with van der Waals surface area (Å²) in [6.45, 7) is 2.07.